The summed E-state index contributed by atoms with van der Waals surface area (Å²) in [5.41, 5.74) is 6.16. The van der Waals surface area contributed by atoms with Crippen LogP contribution in [0.4, 0.5) is 36.4 Å². The maximum absolute atomic E-state index is 13.4. The van der Waals surface area contributed by atoms with Crippen molar-refractivity contribution in [1.29, 1.82) is 0 Å². The maximum atomic E-state index is 13.4. The number of carboxylic acid groups (broad SMARTS) is 2. The monoisotopic (exact) mass is 2000 g/mol. The summed E-state index contributed by atoms with van der Waals surface area (Å²) in [6.45, 7) is 5.29. The second-order valence-corrected chi connectivity index (χ2v) is 33.4. The Bertz CT molecular complexity index is 4490. The molecule has 34 heteroatoms. The Kier molecular flexibility index (Phi) is 36.0. The summed E-state index contributed by atoms with van der Waals surface area (Å²) < 4.78 is 117. The number of halogens is 20. The van der Waals surface area contributed by atoms with Gasteiger partial charge in [-0.05, 0) is 209 Å². The van der Waals surface area contributed by atoms with Gasteiger partial charge in [0.25, 0.3) is 5.56 Å². The van der Waals surface area contributed by atoms with E-state index in [0.717, 1.165) is 33.1 Å². The van der Waals surface area contributed by atoms with Crippen molar-refractivity contribution in [1.82, 2.24) is 15.0 Å². The van der Waals surface area contributed by atoms with Gasteiger partial charge in [-0.15, -0.1) is 6.58 Å². The number of carboxylic acids is 2. The normalized spacial score (nSPS) is 11.7. The summed E-state index contributed by atoms with van der Waals surface area (Å²) in [5.74, 6) is -6.79. The molecule has 10 aromatic rings. The van der Waals surface area contributed by atoms with Crippen LogP contribution in [0.1, 0.15) is 55.3 Å². The lowest BCUT2D eigenvalue weighted by molar-refractivity contribution is -0.0935. The number of rotatable bonds is 5. The average molecular weight is 2010 g/mol. The minimum Gasteiger partial charge on any atom is -0.478 e. The summed E-state index contributed by atoms with van der Waals surface area (Å²) in [6.07, 6.45) is 6.34. The zero-order valence-corrected chi connectivity index (χ0v) is 65.7. The van der Waals surface area contributed by atoms with Crippen molar-refractivity contribution in [2.24, 2.45) is 0 Å². The standard InChI is InChI=1S/C10H7BrFN.C10H8BrFO3.C10H8BrFO2.C9H4BrClFN.C9H5BrFNO.C7H3Br2FO2.C6H4Br2FN.CH4.Cl3OP/c1-6-10-7(2-3-13-6)4-8(11)5-9(10)12;1-14-8-3-5-2-6(11)4-7(12)9(5)10(13)15-8;1-2-3-6-4-7(11)5-8(12)9(6)10(13)14;10-6-3-5-1-2-13-9(11)8(5)7(12)4-6;10-6-3-5-1-2-12-9(13)8(5)7(11)4-6;8-3-1-4(9)6(7(11)12)5(10)2-3;7-3-1-4(8)6(10)5(9)2-3;;1-5(2,3)4/h2-5H,1H3;2,4,8H,3H2,1H3;2,4-5H,1,3H2,(H,13,14);1-4H;1-4H,(H,12,13);1-2H,(H,11,12);1-2H,10H2;1H4;. The fourth-order valence-corrected chi connectivity index (χ4v) is 12.9. The van der Waals surface area contributed by atoms with Crippen molar-refractivity contribution >= 4 is 250 Å². The van der Waals surface area contributed by atoms with Crippen LogP contribution in [0.2, 0.25) is 5.15 Å². The largest absolute Gasteiger partial charge is 0.478 e. The number of H-pyrrole nitrogens is 1. The first-order valence-corrected chi connectivity index (χ1v) is 37.4. The Hall–Kier alpha value is -4.30. The van der Waals surface area contributed by atoms with E-state index in [1.165, 1.54) is 55.8 Å². The number of cyclic esters (lactones) is 1. The van der Waals surface area contributed by atoms with E-state index in [-0.39, 0.29) is 56.5 Å². The van der Waals surface area contributed by atoms with Crippen LogP contribution in [-0.2, 0) is 26.9 Å². The third-order valence-corrected chi connectivity index (χ3v) is 16.5. The summed E-state index contributed by atoms with van der Waals surface area (Å²) in [5, 5.41) is 17.6. The lowest BCUT2D eigenvalue weighted by Crippen LogP contribution is -2.29. The second kappa shape index (κ2) is 40.2. The number of hydrogen-bond acceptors (Lipinski definition) is 10. The fraction of sp³-hybridized carbons (Fsp3) is 0.0968. The number of aryl methyl sites for hydroxylation is 1. The molecule has 0 spiro atoms. The van der Waals surface area contributed by atoms with Gasteiger partial charge >= 0.3 is 23.1 Å². The highest BCUT2D eigenvalue weighted by molar-refractivity contribution is 9.12. The second-order valence-electron chi connectivity index (χ2n) is 18.3. The van der Waals surface area contributed by atoms with Crippen molar-refractivity contribution in [2.45, 2.75) is 33.5 Å². The Labute approximate surface area is 637 Å². The van der Waals surface area contributed by atoms with E-state index in [4.69, 9.17) is 37.0 Å². The van der Waals surface area contributed by atoms with Crippen molar-refractivity contribution in [3.05, 3.63) is 264 Å². The van der Waals surface area contributed by atoms with Gasteiger partial charge in [0, 0.05) is 83.5 Å². The predicted molar refractivity (Wildman–Crippen MR) is 397 cm³/mol. The number of allylic oxidation sites excluding steroid dienone is 1. The lowest BCUT2D eigenvalue weighted by atomic mass is 10.0. The highest BCUT2D eigenvalue weighted by Gasteiger charge is 2.29. The molecule has 3 aromatic heterocycles. The maximum Gasteiger partial charge on any atom is 0.343 e. The minimum absolute atomic E-state index is 0. The molecule has 11 rings (SSSR count). The van der Waals surface area contributed by atoms with E-state index in [0.29, 0.717) is 71.4 Å². The van der Waals surface area contributed by atoms with E-state index in [2.05, 4.69) is 199 Å². The number of nitrogen functional groups attached to an aromatic ring is 1. The number of nitrogens with two attached hydrogens (primary N) is 1. The number of carbonyl (C=O) groups excluding carboxylic acids is 1. The van der Waals surface area contributed by atoms with Crippen LogP contribution in [0.3, 0.4) is 0 Å². The molecular formula is C62H43Br9Cl4F7N4O9P. The number of aromatic nitrogens is 3. The van der Waals surface area contributed by atoms with Crippen molar-refractivity contribution < 1.29 is 69.4 Å². The molecular weight excluding hydrogens is 1970 g/mol. The van der Waals surface area contributed by atoms with Crippen LogP contribution in [-0.4, -0.2) is 56.5 Å². The number of hydrogen-bond donors (Lipinski definition) is 4. The fourth-order valence-electron chi connectivity index (χ4n) is 7.86. The zero-order valence-electron chi connectivity index (χ0n) is 47.6. The number of methoxy groups -OCH3 is 1. The number of pyridine rings is 3. The van der Waals surface area contributed by atoms with Crippen LogP contribution >= 0.6 is 194 Å². The molecule has 0 aliphatic carbocycles. The van der Waals surface area contributed by atoms with Crippen molar-refractivity contribution in [3.63, 3.8) is 0 Å². The molecule has 0 fully saturated rings. The number of nitrogens with zero attached hydrogens (tertiary/aromatic N) is 2. The van der Waals surface area contributed by atoms with Crippen molar-refractivity contribution in [3.8, 4) is 0 Å². The quantitative estimate of drug-likeness (QED) is 0.0317. The molecule has 4 heterocycles. The molecule has 1 aliphatic heterocycles. The molecule has 5 N–H and O–H groups in total. The molecule has 510 valence electrons. The van der Waals surface area contributed by atoms with E-state index in [1.807, 2.05) is 6.07 Å². The SMILES string of the molecule is C.C=CCc1cc(Br)cc(F)c1C(=O)O.COC1Cc2cc(Br)cc(F)c2C(=O)O1.Cc1nccc2cc(Br)cc(F)c12.Fc1cc(Br)cc2ccnc(Cl)c12.Nc1c(F)cc(Br)cc1Br.O=C(O)c1c(F)cc(Br)cc1Br.O=P(Cl)(Cl)Cl.O=c1[nH]ccc2cc(Br)cc(F)c12. The average Bonchev–Trinajstić information content (AvgIpc) is 0.821. The number of esters is 1. The molecule has 1 unspecified atom stereocenters. The van der Waals surface area contributed by atoms with Gasteiger partial charge < -0.3 is 30.4 Å². The number of anilines is 1. The Morgan fingerprint density at radius 1 is 0.635 bits per heavy atom. The highest BCUT2D eigenvalue weighted by Crippen LogP contribution is 2.61. The minimum atomic E-state index is -3.22. The van der Waals surface area contributed by atoms with E-state index < -0.39 is 64.0 Å². The van der Waals surface area contributed by atoms with Gasteiger partial charge in [0.15, 0.2) is 0 Å². The smallest absolute Gasteiger partial charge is 0.343 e. The first-order chi connectivity index (χ1) is 44.3. The first-order valence-electron chi connectivity index (χ1n) is 25.4. The molecule has 1 atom stereocenters. The molecule has 0 saturated carbocycles. The molecule has 0 saturated heterocycles. The third-order valence-electron chi connectivity index (χ3n) is 11.7. The number of fused-ring (bicyclic) bond motifs is 4. The van der Waals surface area contributed by atoms with E-state index in [9.17, 15) is 54.5 Å². The summed E-state index contributed by atoms with van der Waals surface area (Å²) in [4.78, 5) is 54.1. The molecule has 0 radical (unpaired) electrons. The predicted octanol–water partition coefficient (Wildman–Crippen LogP) is 24.4. The van der Waals surface area contributed by atoms with Crippen LogP contribution in [0.25, 0.3) is 32.3 Å². The topological polar surface area (TPSA) is 212 Å². The molecule has 96 heavy (non-hydrogen) atoms. The molecule has 13 nitrogen and oxygen atoms in total. The van der Waals surface area contributed by atoms with Gasteiger partial charge in [0.1, 0.15) is 51.4 Å². The van der Waals surface area contributed by atoms with Crippen LogP contribution in [0, 0.1) is 47.6 Å². The molecule has 7 aromatic carbocycles. The highest BCUT2D eigenvalue weighted by atomic mass is 79.9. The molecule has 0 bridgehead atoms. The number of carbonyl (C=O) groups is 3. The summed E-state index contributed by atoms with van der Waals surface area (Å²) in [6, 6.07) is 25.9. The van der Waals surface area contributed by atoms with E-state index in [1.54, 1.807) is 67.8 Å². The number of nitrogens with one attached hydrogen (secondary N) is 1. The number of aromatic amines is 1. The van der Waals surface area contributed by atoms with E-state index >= 15 is 0 Å². The van der Waals surface area contributed by atoms with Gasteiger partial charge in [0.05, 0.1) is 27.6 Å². The summed E-state index contributed by atoms with van der Waals surface area (Å²) >= 11 is 47.7. The molecule has 1 aliphatic rings. The van der Waals surface area contributed by atoms with Gasteiger partial charge in [0.2, 0.25) is 6.29 Å². The van der Waals surface area contributed by atoms with Gasteiger partial charge in [-0.1, -0.05) is 137 Å². The number of aromatic carboxylic acids is 2. The Balaban J connectivity index is 0.000000288. The lowest BCUT2D eigenvalue weighted by Gasteiger charge is -2.23. The summed E-state index contributed by atoms with van der Waals surface area (Å²) in [7, 11) is 1.44. The molecule has 0 amide bonds. The Morgan fingerprint density at radius 3 is 1.55 bits per heavy atom. The van der Waals surface area contributed by atoms with Gasteiger partial charge in [-0.3, -0.25) is 14.3 Å². The first kappa shape index (κ1) is 85.9. The van der Waals surface area contributed by atoms with Crippen molar-refractivity contribution in [2.75, 3.05) is 12.8 Å². The van der Waals surface area contributed by atoms with Crippen LogP contribution < -0.4 is 11.3 Å². The number of benzene rings is 7. The zero-order chi connectivity index (χ0) is 71.5. The van der Waals surface area contributed by atoms with Gasteiger partial charge in [-0.25, -0.2) is 50.1 Å². The number of ether oxygens (including phenoxy) is 2. The van der Waals surface area contributed by atoms with Crippen LogP contribution in [0.15, 0.2) is 179 Å². The van der Waals surface area contributed by atoms with Crippen LogP contribution in [0.5, 0.6) is 0 Å². The third kappa shape index (κ3) is 26.7. The Morgan fingerprint density at radius 2 is 1.05 bits per heavy atom. The van der Waals surface area contributed by atoms with Gasteiger partial charge in [-0.2, -0.15) is 0 Å².